The van der Waals surface area contributed by atoms with Crippen molar-refractivity contribution in [1.82, 2.24) is 14.5 Å². The van der Waals surface area contributed by atoms with Crippen LogP contribution >= 0.6 is 0 Å². The normalized spacial score (nSPS) is 23.2. The summed E-state index contributed by atoms with van der Waals surface area (Å²) in [5, 5.41) is 9.65. The Morgan fingerprint density at radius 1 is 1.32 bits per heavy atom. The highest BCUT2D eigenvalue weighted by atomic mass is 16.3. The van der Waals surface area contributed by atoms with Crippen molar-refractivity contribution in [1.29, 1.82) is 0 Å². The molecule has 19 heavy (non-hydrogen) atoms. The Morgan fingerprint density at radius 3 is 2.95 bits per heavy atom. The number of hydrogen-bond donors (Lipinski definition) is 1. The lowest BCUT2D eigenvalue weighted by atomic mass is 10.0. The number of rotatable bonds is 6. The molecule has 4 heteroatoms. The lowest BCUT2D eigenvalue weighted by molar-refractivity contribution is 0.111. The second kappa shape index (κ2) is 7.65. The van der Waals surface area contributed by atoms with Crippen LogP contribution in [0, 0.1) is 0 Å². The lowest BCUT2D eigenvalue weighted by Crippen LogP contribution is -2.38. The molecule has 0 spiro atoms. The van der Waals surface area contributed by atoms with E-state index in [2.05, 4.69) is 14.5 Å². The molecule has 0 aliphatic carbocycles. The minimum Gasteiger partial charge on any atom is -0.393 e. The zero-order valence-corrected chi connectivity index (χ0v) is 12.0. The topological polar surface area (TPSA) is 41.3 Å². The average Bonchev–Trinajstić information content (AvgIpc) is 2.79. The van der Waals surface area contributed by atoms with E-state index >= 15 is 0 Å². The molecule has 1 fully saturated rings. The summed E-state index contributed by atoms with van der Waals surface area (Å²) in [6, 6.07) is 0.574. The molecule has 2 atom stereocenters. The van der Waals surface area contributed by atoms with Crippen LogP contribution < -0.4 is 0 Å². The predicted octanol–water partition coefficient (Wildman–Crippen LogP) is 2.29. The van der Waals surface area contributed by atoms with Crippen molar-refractivity contribution < 1.29 is 5.11 Å². The van der Waals surface area contributed by atoms with Gasteiger partial charge in [-0.15, -0.1) is 0 Å². The van der Waals surface area contributed by atoms with Crippen LogP contribution in [0.5, 0.6) is 0 Å². The quantitative estimate of drug-likeness (QED) is 0.858. The van der Waals surface area contributed by atoms with E-state index in [9.17, 15) is 5.11 Å². The third-order valence-corrected chi connectivity index (χ3v) is 4.03. The molecule has 1 aromatic heterocycles. The van der Waals surface area contributed by atoms with Crippen molar-refractivity contribution >= 4 is 0 Å². The molecule has 4 nitrogen and oxygen atoms in total. The van der Waals surface area contributed by atoms with Crippen LogP contribution in [0.4, 0.5) is 0 Å². The number of hydrogen-bond acceptors (Lipinski definition) is 3. The van der Waals surface area contributed by atoms with Gasteiger partial charge in [-0.25, -0.2) is 4.98 Å². The van der Waals surface area contributed by atoms with E-state index in [1.165, 1.54) is 32.2 Å². The number of imidazole rings is 1. The van der Waals surface area contributed by atoms with E-state index in [0.717, 1.165) is 25.9 Å². The van der Waals surface area contributed by atoms with E-state index in [1.807, 2.05) is 25.6 Å². The molecule has 1 N–H and O–H groups in total. The zero-order chi connectivity index (χ0) is 13.5. The molecule has 2 heterocycles. The fourth-order valence-electron chi connectivity index (χ4n) is 3.07. The maximum atomic E-state index is 9.65. The molecule has 0 amide bonds. The zero-order valence-electron chi connectivity index (χ0n) is 12.0. The van der Waals surface area contributed by atoms with E-state index in [0.29, 0.717) is 6.04 Å². The van der Waals surface area contributed by atoms with E-state index in [1.54, 1.807) is 0 Å². The Bertz CT molecular complexity index is 337. The first-order valence-electron chi connectivity index (χ1n) is 7.63. The average molecular weight is 265 g/mol. The van der Waals surface area contributed by atoms with Crippen molar-refractivity contribution in [3.8, 4) is 0 Å². The monoisotopic (exact) mass is 265 g/mol. The van der Waals surface area contributed by atoms with Gasteiger partial charge in [0.25, 0.3) is 0 Å². The Labute approximate surface area is 116 Å². The minimum absolute atomic E-state index is 0.181. The highest BCUT2D eigenvalue weighted by Gasteiger charge is 2.21. The fraction of sp³-hybridized carbons (Fsp3) is 0.800. The molecule has 1 aliphatic rings. The number of aromatic nitrogens is 2. The van der Waals surface area contributed by atoms with Crippen LogP contribution in [-0.4, -0.2) is 44.8 Å². The first kappa shape index (κ1) is 14.5. The number of likely N-dealkylation sites (tertiary alicyclic amines) is 1. The largest absolute Gasteiger partial charge is 0.393 e. The first-order valence-corrected chi connectivity index (χ1v) is 7.63. The second-order valence-electron chi connectivity index (χ2n) is 5.78. The van der Waals surface area contributed by atoms with Crippen molar-refractivity contribution in [2.24, 2.45) is 0 Å². The van der Waals surface area contributed by atoms with Crippen LogP contribution in [0.25, 0.3) is 0 Å². The van der Waals surface area contributed by atoms with Crippen LogP contribution in [0.1, 0.15) is 45.4 Å². The van der Waals surface area contributed by atoms with Crippen molar-refractivity contribution in [3.63, 3.8) is 0 Å². The third-order valence-electron chi connectivity index (χ3n) is 4.03. The molecule has 0 radical (unpaired) electrons. The molecule has 0 aromatic carbocycles. The number of aryl methyl sites for hydroxylation is 1. The Morgan fingerprint density at radius 2 is 2.21 bits per heavy atom. The highest BCUT2D eigenvalue weighted by Crippen LogP contribution is 2.20. The molecule has 1 saturated heterocycles. The van der Waals surface area contributed by atoms with Gasteiger partial charge in [0.2, 0.25) is 0 Å². The van der Waals surface area contributed by atoms with Gasteiger partial charge in [-0.05, 0) is 39.2 Å². The summed E-state index contributed by atoms with van der Waals surface area (Å²) >= 11 is 0. The van der Waals surface area contributed by atoms with E-state index < -0.39 is 0 Å². The number of nitrogens with zero attached hydrogens (tertiary/aromatic N) is 3. The van der Waals surface area contributed by atoms with Gasteiger partial charge in [0.1, 0.15) is 0 Å². The van der Waals surface area contributed by atoms with Crippen LogP contribution in [0.15, 0.2) is 18.7 Å². The van der Waals surface area contributed by atoms with Gasteiger partial charge < -0.3 is 14.6 Å². The lowest BCUT2D eigenvalue weighted by Gasteiger charge is -2.30. The van der Waals surface area contributed by atoms with Crippen LogP contribution in [0.3, 0.4) is 0 Å². The second-order valence-corrected chi connectivity index (χ2v) is 5.78. The Kier molecular flexibility index (Phi) is 5.86. The summed E-state index contributed by atoms with van der Waals surface area (Å²) in [5.74, 6) is 0. The summed E-state index contributed by atoms with van der Waals surface area (Å²) in [4.78, 5) is 6.67. The van der Waals surface area contributed by atoms with Gasteiger partial charge in [0, 0.05) is 31.5 Å². The third kappa shape index (κ3) is 4.96. The SMILES string of the molecule is CC(O)CC1CCCCCN1CCCn1ccnc1. The van der Waals surface area contributed by atoms with Crippen molar-refractivity contribution in [2.75, 3.05) is 13.1 Å². The van der Waals surface area contributed by atoms with Gasteiger partial charge in [-0.3, -0.25) is 0 Å². The van der Waals surface area contributed by atoms with Gasteiger partial charge in [0.15, 0.2) is 0 Å². The Balaban J connectivity index is 1.79. The van der Waals surface area contributed by atoms with E-state index in [4.69, 9.17) is 0 Å². The minimum atomic E-state index is -0.181. The molecule has 2 unspecified atom stereocenters. The van der Waals surface area contributed by atoms with E-state index in [-0.39, 0.29) is 6.10 Å². The van der Waals surface area contributed by atoms with Gasteiger partial charge in [-0.1, -0.05) is 12.8 Å². The summed E-state index contributed by atoms with van der Waals surface area (Å²) in [7, 11) is 0. The molecule has 2 rings (SSSR count). The Hall–Kier alpha value is -0.870. The predicted molar refractivity (Wildman–Crippen MR) is 77.0 cm³/mol. The van der Waals surface area contributed by atoms with Crippen LogP contribution in [-0.2, 0) is 6.54 Å². The highest BCUT2D eigenvalue weighted by molar-refractivity contribution is 4.78. The summed E-state index contributed by atoms with van der Waals surface area (Å²) < 4.78 is 2.14. The molecular weight excluding hydrogens is 238 g/mol. The molecule has 0 bridgehead atoms. The maximum absolute atomic E-state index is 9.65. The van der Waals surface area contributed by atoms with Crippen LogP contribution in [0.2, 0.25) is 0 Å². The number of aliphatic hydroxyl groups is 1. The van der Waals surface area contributed by atoms with Gasteiger partial charge in [-0.2, -0.15) is 0 Å². The fourth-order valence-corrected chi connectivity index (χ4v) is 3.07. The molecule has 108 valence electrons. The number of aliphatic hydroxyl groups excluding tert-OH is 1. The maximum Gasteiger partial charge on any atom is 0.0945 e. The van der Waals surface area contributed by atoms with Crippen molar-refractivity contribution in [3.05, 3.63) is 18.7 Å². The molecule has 0 saturated carbocycles. The molecule has 1 aromatic rings. The standard InChI is InChI=1S/C15H27N3O/c1-14(19)12-15-6-3-2-4-9-18(15)10-5-8-17-11-7-16-13-17/h7,11,13-15,19H,2-6,8-10,12H2,1H3. The summed E-state index contributed by atoms with van der Waals surface area (Å²) in [6.45, 7) is 5.28. The molecule has 1 aliphatic heterocycles. The summed E-state index contributed by atoms with van der Waals surface area (Å²) in [6.07, 6.45) is 12.9. The van der Waals surface area contributed by atoms with Gasteiger partial charge in [0.05, 0.1) is 12.4 Å². The summed E-state index contributed by atoms with van der Waals surface area (Å²) in [5.41, 5.74) is 0. The van der Waals surface area contributed by atoms with Gasteiger partial charge >= 0.3 is 0 Å². The molecular formula is C15H27N3O. The smallest absolute Gasteiger partial charge is 0.0945 e. The first-order chi connectivity index (χ1) is 9.25. The van der Waals surface area contributed by atoms with Crippen molar-refractivity contribution in [2.45, 2.75) is 64.1 Å².